The molecule has 5 heterocycles. The molecule has 35 heavy (non-hydrogen) atoms. The van der Waals surface area contributed by atoms with Crippen LogP contribution in [-0.4, -0.2) is 72.3 Å². The zero-order chi connectivity index (χ0) is 23.9. The maximum Gasteiger partial charge on any atom is 0.229 e. The molecule has 0 radical (unpaired) electrons. The SMILES string of the molecule is CN1CCN(c2ccc(Nc3nc(-c4cc5c(s4)CCN([SH](=O)=O)C5)c4cc[nH]c4n3)cc2)CC1. The number of H-pyrrole nitrogens is 1. The van der Waals surface area contributed by atoms with E-state index >= 15 is 0 Å². The van der Waals surface area contributed by atoms with Crippen LogP contribution in [0.2, 0.25) is 0 Å². The summed E-state index contributed by atoms with van der Waals surface area (Å²) < 4.78 is 24.4. The zero-order valence-corrected chi connectivity index (χ0v) is 21.1. The van der Waals surface area contributed by atoms with Gasteiger partial charge in [-0.05, 0) is 55.4 Å². The number of likely N-dealkylation sites (N-methyl/N-ethyl adjacent to an activating group) is 1. The van der Waals surface area contributed by atoms with Gasteiger partial charge in [0.1, 0.15) is 5.65 Å². The Morgan fingerprint density at radius 3 is 2.60 bits per heavy atom. The second-order valence-electron chi connectivity index (χ2n) is 9.03. The minimum atomic E-state index is -2.56. The van der Waals surface area contributed by atoms with Crippen molar-refractivity contribution in [2.45, 2.75) is 13.0 Å². The Labute approximate surface area is 209 Å². The Morgan fingerprint density at radius 1 is 1.03 bits per heavy atom. The summed E-state index contributed by atoms with van der Waals surface area (Å²) in [6.45, 7) is 5.18. The smallest absolute Gasteiger partial charge is 0.229 e. The number of rotatable bonds is 5. The fourth-order valence-electron chi connectivity index (χ4n) is 4.71. The highest BCUT2D eigenvalue weighted by atomic mass is 32.2. The number of fused-ring (bicyclic) bond motifs is 2. The van der Waals surface area contributed by atoms with Crippen LogP contribution in [0.4, 0.5) is 17.3 Å². The number of aromatic amines is 1. The summed E-state index contributed by atoms with van der Waals surface area (Å²) in [4.78, 5) is 19.8. The van der Waals surface area contributed by atoms with Crippen molar-refractivity contribution < 1.29 is 8.42 Å². The Hall–Kier alpha value is -2.99. The molecular weight excluding hydrogens is 482 g/mol. The minimum absolute atomic E-state index is 0.427. The normalized spacial score (nSPS) is 17.3. The van der Waals surface area contributed by atoms with Crippen LogP contribution in [0.25, 0.3) is 21.6 Å². The Morgan fingerprint density at radius 2 is 1.83 bits per heavy atom. The van der Waals surface area contributed by atoms with E-state index in [9.17, 15) is 8.42 Å². The third-order valence-corrected chi connectivity index (χ3v) is 8.77. The lowest BCUT2D eigenvalue weighted by molar-refractivity contribution is 0.313. The van der Waals surface area contributed by atoms with Crippen LogP contribution in [0.5, 0.6) is 0 Å². The number of thiol groups is 1. The summed E-state index contributed by atoms with van der Waals surface area (Å²) in [6, 6.07) is 12.5. The van der Waals surface area contributed by atoms with Crippen molar-refractivity contribution in [2.75, 3.05) is 50.0 Å². The number of nitrogens with zero attached hydrogens (tertiary/aromatic N) is 5. The molecule has 1 fully saturated rings. The van der Waals surface area contributed by atoms with Crippen LogP contribution in [-0.2, 0) is 23.9 Å². The van der Waals surface area contributed by atoms with Gasteiger partial charge in [0.25, 0.3) is 0 Å². The number of hydrogen-bond donors (Lipinski definition) is 3. The number of nitrogens with one attached hydrogen (secondary N) is 2. The van der Waals surface area contributed by atoms with Crippen LogP contribution < -0.4 is 10.2 Å². The van der Waals surface area contributed by atoms with Crippen molar-refractivity contribution in [3.63, 3.8) is 0 Å². The Kier molecular flexibility index (Phi) is 5.93. The van der Waals surface area contributed by atoms with Crippen molar-refractivity contribution >= 4 is 50.6 Å². The van der Waals surface area contributed by atoms with E-state index < -0.39 is 10.9 Å². The molecule has 0 amide bonds. The van der Waals surface area contributed by atoms with Gasteiger partial charge in [-0.3, -0.25) is 0 Å². The fourth-order valence-corrected chi connectivity index (χ4v) is 6.41. The number of hydrogen-bond acceptors (Lipinski definition) is 8. The van der Waals surface area contributed by atoms with Crippen molar-refractivity contribution in [3.8, 4) is 10.6 Å². The standard InChI is InChI=1S/C24H27N7O2S2/c1-29-10-12-30(13-11-29)18-4-2-17(3-5-18)26-24-27-22(19-6-8-25-23(19)28-24)21-14-16-15-31(35(32)33)9-7-20(16)34-21/h2-6,8,14,35H,7,9-13,15H2,1H3,(H2,25,26,27,28). The molecule has 6 rings (SSSR count). The summed E-state index contributed by atoms with van der Waals surface area (Å²) in [7, 11) is -0.398. The highest BCUT2D eigenvalue weighted by Crippen LogP contribution is 2.37. The van der Waals surface area contributed by atoms with Crippen LogP contribution in [0.3, 0.4) is 0 Å². The largest absolute Gasteiger partial charge is 0.369 e. The van der Waals surface area contributed by atoms with Gasteiger partial charge in [-0.15, -0.1) is 11.3 Å². The first-order chi connectivity index (χ1) is 17.0. The topological polar surface area (TPSA) is 97.5 Å². The Bertz CT molecular complexity index is 1430. The van der Waals surface area contributed by atoms with Gasteiger partial charge >= 0.3 is 0 Å². The molecule has 0 spiro atoms. The zero-order valence-electron chi connectivity index (χ0n) is 19.4. The lowest BCUT2D eigenvalue weighted by atomic mass is 10.1. The molecule has 0 unspecified atom stereocenters. The first-order valence-electron chi connectivity index (χ1n) is 11.7. The summed E-state index contributed by atoms with van der Waals surface area (Å²) in [5.74, 6) is 0.526. The second-order valence-corrected chi connectivity index (χ2v) is 11.2. The molecule has 11 heteroatoms. The van der Waals surface area contributed by atoms with Gasteiger partial charge in [0.2, 0.25) is 16.8 Å². The van der Waals surface area contributed by atoms with Crippen LogP contribution in [0.15, 0.2) is 42.6 Å². The fraction of sp³-hybridized carbons (Fsp3) is 0.333. The lowest BCUT2D eigenvalue weighted by Crippen LogP contribution is -2.44. The molecule has 2 N–H and O–H groups in total. The van der Waals surface area contributed by atoms with Crippen molar-refractivity contribution in [2.24, 2.45) is 0 Å². The van der Waals surface area contributed by atoms with Gasteiger partial charge < -0.3 is 20.1 Å². The molecule has 2 aliphatic heterocycles. The molecule has 0 atom stereocenters. The molecular formula is C24H27N7O2S2. The monoisotopic (exact) mass is 509 g/mol. The van der Waals surface area contributed by atoms with Crippen molar-refractivity contribution in [1.29, 1.82) is 0 Å². The van der Waals surface area contributed by atoms with Gasteiger partial charge in [0.15, 0.2) is 0 Å². The molecule has 1 saturated heterocycles. The third kappa shape index (κ3) is 4.52. The van der Waals surface area contributed by atoms with Gasteiger partial charge in [-0.2, -0.15) is 9.29 Å². The Balaban J connectivity index is 1.27. The average molecular weight is 510 g/mol. The minimum Gasteiger partial charge on any atom is -0.369 e. The predicted molar refractivity (Wildman–Crippen MR) is 141 cm³/mol. The van der Waals surface area contributed by atoms with Crippen LogP contribution in [0, 0.1) is 0 Å². The molecule has 1 aromatic carbocycles. The lowest BCUT2D eigenvalue weighted by Gasteiger charge is -2.34. The van der Waals surface area contributed by atoms with Crippen molar-refractivity contribution in [3.05, 3.63) is 53.0 Å². The summed E-state index contributed by atoms with van der Waals surface area (Å²) >= 11 is 1.69. The summed E-state index contributed by atoms with van der Waals surface area (Å²) in [5.41, 5.74) is 4.84. The molecule has 0 bridgehead atoms. The van der Waals surface area contributed by atoms with E-state index in [1.807, 2.05) is 12.3 Å². The van der Waals surface area contributed by atoms with Crippen molar-refractivity contribution in [1.82, 2.24) is 24.2 Å². The average Bonchev–Trinajstić information content (AvgIpc) is 3.51. The summed E-state index contributed by atoms with van der Waals surface area (Å²) in [5, 5.41) is 4.31. The first kappa shape index (κ1) is 22.5. The van der Waals surface area contributed by atoms with E-state index in [-0.39, 0.29) is 0 Å². The second kappa shape index (κ2) is 9.23. The summed E-state index contributed by atoms with van der Waals surface area (Å²) in [6.07, 6.45) is 2.60. The van der Waals surface area contributed by atoms with Gasteiger partial charge in [-0.25, -0.2) is 13.4 Å². The maximum atomic E-state index is 11.5. The van der Waals surface area contributed by atoms with Gasteiger partial charge in [-0.1, -0.05) is 0 Å². The molecule has 0 aliphatic carbocycles. The molecule has 0 saturated carbocycles. The number of anilines is 3. The van der Waals surface area contributed by atoms with E-state index in [0.717, 1.165) is 65.5 Å². The van der Waals surface area contributed by atoms with Crippen LogP contribution in [0.1, 0.15) is 10.4 Å². The molecule has 4 aromatic rings. The maximum absolute atomic E-state index is 11.5. The van der Waals surface area contributed by atoms with E-state index in [0.29, 0.717) is 19.0 Å². The highest BCUT2D eigenvalue weighted by Gasteiger charge is 2.23. The van der Waals surface area contributed by atoms with E-state index in [1.165, 1.54) is 14.9 Å². The van der Waals surface area contributed by atoms with E-state index in [1.54, 1.807) is 11.3 Å². The molecule has 9 nitrogen and oxygen atoms in total. The molecule has 182 valence electrons. The van der Waals surface area contributed by atoms with Gasteiger partial charge in [0, 0.05) is 67.1 Å². The predicted octanol–water partition coefficient (Wildman–Crippen LogP) is 3.07. The van der Waals surface area contributed by atoms with E-state index in [4.69, 9.17) is 4.98 Å². The molecule has 2 aliphatic rings. The quantitative estimate of drug-likeness (QED) is 0.356. The number of benzene rings is 1. The third-order valence-electron chi connectivity index (χ3n) is 6.72. The number of thiophene rings is 1. The highest BCUT2D eigenvalue weighted by molar-refractivity contribution is 7.69. The van der Waals surface area contributed by atoms with Crippen LogP contribution >= 0.6 is 11.3 Å². The number of aromatic nitrogens is 3. The molecule has 3 aromatic heterocycles. The van der Waals surface area contributed by atoms with Gasteiger partial charge in [0.05, 0.1) is 10.6 Å². The number of piperazine rings is 1. The first-order valence-corrected chi connectivity index (χ1v) is 13.6. The van der Waals surface area contributed by atoms with E-state index in [2.05, 4.69) is 62.5 Å².